The molecule has 0 aliphatic heterocycles. The van der Waals surface area contributed by atoms with Crippen molar-refractivity contribution in [1.29, 1.82) is 0 Å². The zero-order chi connectivity index (χ0) is 19.5. The van der Waals surface area contributed by atoms with Crippen LogP contribution in [0, 0.1) is 11.3 Å². The molecule has 2 rings (SSSR count). The van der Waals surface area contributed by atoms with Gasteiger partial charge in [0.2, 0.25) is 0 Å². The van der Waals surface area contributed by atoms with E-state index in [4.69, 9.17) is 0 Å². The van der Waals surface area contributed by atoms with Gasteiger partial charge in [-0.15, -0.1) is 0 Å². The summed E-state index contributed by atoms with van der Waals surface area (Å²) in [4.78, 5) is 14.0. The van der Waals surface area contributed by atoms with Gasteiger partial charge in [-0.25, -0.2) is 0 Å². The molecule has 2 saturated carbocycles. The second kappa shape index (κ2) is 12.1. The van der Waals surface area contributed by atoms with Gasteiger partial charge in [-0.2, -0.15) is 0 Å². The molecule has 27 heavy (non-hydrogen) atoms. The predicted molar refractivity (Wildman–Crippen MR) is 113 cm³/mol. The average molecular weight is 381 g/mol. The predicted octanol–water partition coefficient (Wildman–Crippen LogP) is 5.07. The van der Waals surface area contributed by atoms with Crippen molar-refractivity contribution < 1.29 is 9.90 Å². The van der Waals surface area contributed by atoms with Gasteiger partial charge in [0.05, 0.1) is 5.41 Å². The SMILES string of the molecule is CN(CCNC1CCCC(C)(C(=O)O)CCC1)CC1CCCCCCCC1. The highest BCUT2D eigenvalue weighted by atomic mass is 16.4. The molecular weight excluding hydrogens is 336 g/mol. The highest BCUT2D eigenvalue weighted by Crippen LogP contribution is 2.34. The molecule has 0 heterocycles. The Morgan fingerprint density at radius 1 is 0.963 bits per heavy atom. The number of hydrogen-bond acceptors (Lipinski definition) is 3. The molecule has 2 fully saturated rings. The lowest BCUT2D eigenvalue weighted by Gasteiger charge is -2.30. The molecule has 0 aromatic rings. The van der Waals surface area contributed by atoms with E-state index in [1.54, 1.807) is 0 Å². The third-order valence-corrected chi connectivity index (χ3v) is 7.05. The molecule has 0 spiro atoms. The Kier molecular flexibility index (Phi) is 10.1. The van der Waals surface area contributed by atoms with Gasteiger partial charge in [0.1, 0.15) is 0 Å². The lowest BCUT2D eigenvalue weighted by atomic mass is 9.77. The summed E-state index contributed by atoms with van der Waals surface area (Å²) < 4.78 is 0. The monoisotopic (exact) mass is 380 g/mol. The number of carboxylic acid groups (broad SMARTS) is 1. The Morgan fingerprint density at radius 2 is 1.52 bits per heavy atom. The zero-order valence-corrected chi connectivity index (χ0v) is 18.0. The van der Waals surface area contributed by atoms with Crippen molar-refractivity contribution >= 4 is 5.97 Å². The number of nitrogens with zero attached hydrogens (tertiary/aromatic N) is 1. The Bertz CT molecular complexity index is 407. The van der Waals surface area contributed by atoms with Crippen molar-refractivity contribution in [2.45, 2.75) is 103 Å². The average Bonchev–Trinajstić information content (AvgIpc) is 2.73. The van der Waals surface area contributed by atoms with Crippen molar-refractivity contribution in [3.8, 4) is 0 Å². The van der Waals surface area contributed by atoms with Gasteiger partial charge in [-0.1, -0.05) is 51.4 Å². The highest BCUT2D eigenvalue weighted by Gasteiger charge is 2.33. The summed E-state index contributed by atoms with van der Waals surface area (Å²) in [6, 6.07) is 0.571. The standard InChI is InChI=1S/C23H44N2O2/c1-23(22(26)27)15-9-13-21(14-10-16-23)24-17-18-25(2)19-20-11-7-5-3-4-6-8-12-20/h20-21,24H,3-19H2,1-2H3,(H,26,27). The van der Waals surface area contributed by atoms with E-state index < -0.39 is 11.4 Å². The van der Waals surface area contributed by atoms with Crippen molar-refractivity contribution in [2.75, 3.05) is 26.7 Å². The van der Waals surface area contributed by atoms with Gasteiger partial charge < -0.3 is 15.3 Å². The molecule has 2 aliphatic carbocycles. The minimum absolute atomic E-state index is 0.498. The summed E-state index contributed by atoms with van der Waals surface area (Å²) in [5.41, 5.74) is -0.498. The van der Waals surface area contributed by atoms with Crippen LogP contribution in [-0.2, 0) is 4.79 Å². The smallest absolute Gasteiger partial charge is 0.309 e. The highest BCUT2D eigenvalue weighted by molar-refractivity contribution is 5.74. The molecular formula is C23H44N2O2. The molecule has 0 atom stereocenters. The maximum Gasteiger partial charge on any atom is 0.309 e. The van der Waals surface area contributed by atoms with Crippen LogP contribution in [0.3, 0.4) is 0 Å². The first-order valence-electron chi connectivity index (χ1n) is 11.6. The van der Waals surface area contributed by atoms with E-state index in [1.807, 2.05) is 6.92 Å². The van der Waals surface area contributed by atoms with Gasteiger partial charge in [0.15, 0.2) is 0 Å². The van der Waals surface area contributed by atoms with Crippen LogP contribution in [0.4, 0.5) is 0 Å². The fourth-order valence-corrected chi connectivity index (χ4v) is 5.06. The molecule has 0 aromatic heterocycles. The summed E-state index contributed by atoms with van der Waals surface area (Å²) in [6.45, 7) is 5.36. The molecule has 4 nitrogen and oxygen atoms in total. The van der Waals surface area contributed by atoms with Gasteiger partial charge >= 0.3 is 5.97 Å². The van der Waals surface area contributed by atoms with Crippen LogP contribution in [0.1, 0.15) is 96.8 Å². The van der Waals surface area contributed by atoms with E-state index in [-0.39, 0.29) is 0 Å². The molecule has 0 bridgehead atoms. The fourth-order valence-electron chi connectivity index (χ4n) is 5.06. The Balaban J connectivity index is 1.62. The second-order valence-corrected chi connectivity index (χ2v) is 9.63. The van der Waals surface area contributed by atoms with Crippen molar-refractivity contribution in [1.82, 2.24) is 10.2 Å². The summed E-state index contributed by atoms with van der Waals surface area (Å²) in [5.74, 6) is 0.281. The minimum atomic E-state index is -0.611. The molecule has 2 aliphatic rings. The Hall–Kier alpha value is -0.610. The Morgan fingerprint density at radius 3 is 2.07 bits per heavy atom. The van der Waals surface area contributed by atoms with Crippen LogP contribution in [0.2, 0.25) is 0 Å². The number of rotatable bonds is 7. The number of nitrogens with one attached hydrogen (secondary N) is 1. The van der Waals surface area contributed by atoms with Gasteiger partial charge in [0.25, 0.3) is 0 Å². The quantitative estimate of drug-likeness (QED) is 0.647. The first-order valence-corrected chi connectivity index (χ1v) is 11.6. The second-order valence-electron chi connectivity index (χ2n) is 9.63. The van der Waals surface area contributed by atoms with Crippen molar-refractivity contribution in [2.24, 2.45) is 11.3 Å². The normalized spacial score (nSPS) is 29.4. The van der Waals surface area contributed by atoms with Crippen LogP contribution in [0.5, 0.6) is 0 Å². The largest absolute Gasteiger partial charge is 0.481 e. The summed E-state index contributed by atoms with van der Waals surface area (Å²) in [5, 5.41) is 13.2. The van der Waals surface area contributed by atoms with Gasteiger partial charge in [0, 0.05) is 25.7 Å². The molecule has 0 amide bonds. The molecule has 158 valence electrons. The number of aliphatic carboxylic acids is 1. The Labute approximate surface area is 167 Å². The molecule has 0 saturated heterocycles. The van der Waals surface area contributed by atoms with Crippen LogP contribution in [-0.4, -0.2) is 48.7 Å². The minimum Gasteiger partial charge on any atom is -0.481 e. The summed E-state index contributed by atoms with van der Waals surface area (Å²) in [6.07, 6.45) is 17.4. The van der Waals surface area contributed by atoms with Crippen LogP contribution in [0.15, 0.2) is 0 Å². The number of likely N-dealkylation sites (N-methyl/N-ethyl adjacent to an activating group) is 1. The lowest BCUT2D eigenvalue weighted by Crippen LogP contribution is -2.39. The number of hydrogen-bond donors (Lipinski definition) is 2. The van der Waals surface area contributed by atoms with Crippen molar-refractivity contribution in [3.05, 3.63) is 0 Å². The molecule has 0 unspecified atom stereocenters. The lowest BCUT2D eigenvalue weighted by molar-refractivity contribution is -0.149. The molecule has 4 heteroatoms. The molecule has 0 radical (unpaired) electrons. The first-order chi connectivity index (χ1) is 13.0. The van der Waals surface area contributed by atoms with E-state index in [0.29, 0.717) is 6.04 Å². The summed E-state index contributed by atoms with van der Waals surface area (Å²) >= 11 is 0. The van der Waals surface area contributed by atoms with E-state index >= 15 is 0 Å². The van der Waals surface area contributed by atoms with Crippen LogP contribution >= 0.6 is 0 Å². The maximum atomic E-state index is 11.5. The third-order valence-electron chi connectivity index (χ3n) is 7.05. The van der Waals surface area contributed by atoms with Crippen LogP contribution in [0.25, 0.3) is 0 Å². The molecule has 0 aromatic carbocycles. The van der Waals surface area contributed by atoms with E-state index in [9.17, 15) is 9.90 Å². The summed E-state index contributed by atoms with van der Waals surface area (Å²) in [7, 11) is 2.28. The topological polar surface area (TPSA) is 52.6 Å². The van der Waals surface area contributed by atoms with E-state index in [0.717, 1.165) is 57.5 Å². The number of carboxylic acids is 1. The van der Waals surface area contributed by atoms with Gasteiger partial charge in [-0.05, 0) is 58.4 Å². The van der Waals surface area contributed by atoms with E-state index in [2.05, 4.69) is 17.3 Å². The zero-order valence-electron chi connectivity index (χ0n) is 18.0. The van der Waals surface area contributed by atoms with Crippen LogP contribution < -0.4 is 5.32 Å². The first kappa shape index (κ1) is 22.7. The van der Waals surface area contributed by atoms with Gasteiger partial charge in [-0.3, -0.25) is 4.79 Å². The molecule has 2 N–H and O–H groups in total. The fraction of sp³-hybridized carbons (Fsp3) is 0.957. The van der Waals surface area contributed by atoms with Crippen molar-refractivity contribution in [3.63, 3.8) is 0 Å². The number of carbonyl (C=O) groups is 1. The maximum absolute atomic E-state index is 11.5. The third kappa shape index (κ3) is 8.51. The van der Waals surface area contributed by atoms with E-state index in [1.165, 1.54) is 57.9 Å².